The molecule has 1 aromatic heterocycles. The second-order valence-electron chi connectivity index (χ2n) is 7.90. The summed E-state index contributed by atoms with van der Waals surface area (Å²) in [4.78, 5) is 7.52. The lowest BCUT2D eigenvalue weighted by molar-refractivity contribution is 0.181. The number of piperazine rings is 1. The highest BCUT2D eigenvalue weighted by molar-refractivity contribution is 7.89. The predicted molar refractivity (Wildman–Crippen MR) is 122 cm³/mol. The highest BCUT2D eigenvalue weighted by Gasteiger charge is 2.31. The quantitative estimate of drug-likeness (QED) is 0.594. The molecule has 158 valence electrons. The summed E-state index contributed by atoms with van der Waals surface area (Å²) in [7, 11) is -3.47. The van der Waals surface area contributed by atoms with Gasteiger partial charge in [-0.15, -0.1) is 11.3 Å². The first-order valence-electron chi connectivity index (χ1n) is 10.1. The van der Waals surface area contributed by atoms with Crippen molar-refractivity contribution in [1.82, 2.24) is 14.2 Å². The minimum absolute atomic E-state index is 0.467. The molecule has 0 atom stereocenters. The van der Waals surface area contributed by atoms with Crippen LogP contribution >= 0.6 is 11.3 Å². The van der Waals surface area contributed by atoms with Crippen LogP contribution in [-0.2, 0) is 16.6 Å². The molecule has 2 aromatic carbocycles. The third-order valence-electron chi connectivity index (χ3n) is 5.51. The van der Waals surface area contributed by atoms with Gasteiger partial charge in [-0.05, 0) is 31.9 Å². The molecule has 30 heavy (non-hydrogen) atoms. The summed E-state index contributed by atoms with van der Waals surface area (Å²) in [6, 6.07) is 14.1. The van der Waals surface area contributed by atoms with Gasteiger partial charge in [0.25, 0.3) is 0 Å². The third kappa shape index (κ3) is 4.34. The average Bonchev–Trinajstić information content (AvgIpc) is 3.16. The Morgan fingerprint density at radius 3 is 2.23 bits per heavy atom. The van der Waals surface area contributed by atoms with Crippen molar-refractivity contribution in [3.05, 3.63) is 69.5 Å². The Balaban J connectivity index is 1.41. The smallest absolute Gasteiger partial charge is 0.243 e. The summed E-state index contributed by atoms with van der Waals surface area (Å²) in [5.74, 6) is 0. The molecule has 0 saturated carbocycles. The molecule has 0 spiro atoms. The van der Waals surface area contributed by atoms with Crippen molar-refractivity contribution in [3.63, 3.8) is 0 Å². The summed E-state index contributed by atoms with van der Waals surface area (Å²) in [6.07, 6.45) is 0. The van der Waals surface area contributed by atoms with Crippen molar-refractivity contribution in [3.8, 4) is 11.3 Å². The Morgan fingerprint density at radius 1 is 0.967 bits per heavy atom. The highest BCUT2D eigenvalue weighted by Crippen LogP contribution is 2.27. The fourth-order valence-electron chi connectivity index (χ4n) is 4.15. The zero-order valence-corrected chi connectivity index (χ0v) is 19.3. The van der Waals surface area contributed by atoms with Gasteiger partial charge in [0.1, 0.15) is 5.01 Å². The maximum Gasteiger partial charge on any atom is 0.243 e. The lowest BCUT2D eigenvalue weighted by Crippen LogP contribution is -2.48. The van der Waals surface area contributed by atoms with E-state index in [1.165, 1.54) is 0 Å². The molecule has 0 unspecified atom stereocenters. The molecule has 0 radical (unpaired) electrons. The van der Waals surface area contributed by atoms with E-state index in [-0.39, 0.29) is 0 Å². The van der Waals surface area contributed by atoms with E-state index < -0.39 is 10.0 Å². The fourth-order valence-corrected chi connectivity index (χ4v) is 6.83. The van der Waals surface area contributed by atoms with E-state index in [0.29, 0.717) is 31.1 Å². The van der Waals surface area contributed by atoms with Crippen LogP contribution in [0.15, 0.2) is 52.7 Å². The van der Waals surface area contributed by atoms with Crippen molar-refractivity contribution in [1.29, 1.82) is 0 Å². The summed E-state index contributed by atoms with van der Waals surface area (Å²) in [6.45, 7) is 8.96. The number of sulfonamides is 1. The summed E-state index contributed by atoms with van der Waals surface area (Å²) in [5, 5.41) is 3.16. The third-order valence-corrected chi connectivity index (χ3v) is 8.55. The normalized spacial score (nSPS) is 16.1. The van der Waals surface area contributed by atoms with Crippen molar-refractivity contribution >= 4 is 21.4 Å². The minimum atomic E-state index is -3.47. The summed E-state index contributed by atoms with van der Waals surface area (Å²) >= 11 is 1.66. The molecule has 1 saturated heterocycles. The van der Waals surface area contributed by atoms with Gasteiger partial charge in [-0.3, -0.25) is 4.90 Å². The van der Waals surface area contributed by atoms with E-state index in [1.54, 1.807) is 15.6 Å². The molecule has 0 aliphatic carbocycles. The minimum Gasteiger partial charge on any atom is -0.294 e. The maximum absolute atomic E-state index is 13.3. The molecular formula is C23H27N3O2S2. The molecule has 5 nitrogen and oxygen atoms in total. The van der Waals surface area contributed by atoms with Gasteiger partial charge in [0, 0.05) is 37.1 Å². The van der Waals surface area contributed by atoms with Crippen molar-refractivity contribution in [2.75, 3.05) is 26.2 Å². The Hall–Kier alpha value is -2.06. The van der Waals surface area contributed by atoms with Gasteiger partial charge in [0.2, 0.25) is 10.0 Å². The number of thiazole rings is 1. The van der Waals surface area contributed by atoms with Crippen LogP contribution in [0.3, 0.4) is 0 Å². The monoisotopic (exact) mass is 441 g/mol. The average molecular weight is 442 g/mol. The van der Waals surface area contributed by atoms with Crippen molar-refractivity contribution in [2.45, 2.75) is 32.2 Å². The van der Waals surface area contributed by atoms with Gasteiger partial charge < -0.3 is 0 Å². The van der Waals surface area contributed by atoms with Crippen LogP contribution in [0.4, 0.5) is 0 Å². The van der Waals surface area contributed by atoms with Crippen LogP contribution in [0.2, 0.25) is 0 Å². The second-order valence-corrected chi connectivity index (χ2v) is 10.7. The standard InChI is InChI=1S/C23H27N3O2S2/c1-17-13-18(2)23(19(3)14-17)30(27,28)26-11-9-25(10-12-26)15-22-24-21(16-29-22)20-7-5-4-6-8-20/h4-8,13-14,16H,9-12,15H2,1-3H3. The van der Waals surface area contributed by atoms with E-state index in [1.807, 2.05) is 51.1 Å². The molecule has 0 bridgehead atoms. The summed E-state index contributed by atoms with van der Waals surface area (Å²) in [5.41, 5.74) is 4.87. The number of aryl methyl sites for hydroxylation is 3. The highest BCUT2D eigenvalue weighted by atomic mass is 32.2. The maximum atomic E-state index is 13.3. The Morgan fingerprint density at radius 2 is 1.60 bits per heavy atom. The molecule has 1 fully saturated rings. The molecule has 2 heterocycles. The van der Waals surface area contributed by atoms with E-state index in [0.717, 1.165) is 39.5 Å². The van der Waals surface area contributed by atoms with E-state index in [2.05, 4.69) is 22.4 Å². The molecular weight excluding hydrogens is 414 g/mol. The first kappa shape index (κ1) is 21.2. The number of nitrogens with zero attached hydrogens (tertiary/aromatic N) is 3. The first-order chi connectivity index (χ1) is 14.3. The van der Waals surface area contributed by atoms with Gasteiger partial charge >= 0.3 is 0 Å². The molecule has 3 aromatic rings. The van der Waals surface area contributed by atoms with Gasteiger partial charge in [-0.25, -0.2) is 13.4 Å². The number of aromatic nitrogens is 1. The van der Waals surface area contributed by atoms with Crippen molar-refractivity contribution in [2.24, 2.45) is 0 Å². The summed E-state index contributed by atoms with van der Waals surface area (Å²) < 4.78 is 28.2. The number of rotatable bonds is 5. The van der Waals surface area contributed by atoms with Gasteiger partial charge in [-0.2, -0.15) is 4.31 Å². The van der Waals surface area contributed by atoms with E-state index >= 15 is 0 Å². The molecule has 1 aliphatic rings. The van der Waals surface area contributed by atoms with Crippen LogP contribution in [0, 0.1) is 20.8 Å². The van der Waals surface area contributed by atoms with E-state index in [9.17, 15) is 8.42 Å². The number of benzene rings is 2. The first-order valence-corrected chi connectivity index (χ1v) is 12.5. The lowest BCUT2D eigenvalue weighted by atomic mass is 10.1. The Kier molecular flexibility index (Phi) is 6.06. The number of hydrogen-bond donors (Lipinski definition) is 0. The van der Waals surface area contributed by atoms with Gasteiger partial charge in [0.15, 0.2) is 0 Å². The predicted octanol–water partition coefficient (Wildman–Crippen LogP) is 4.24. The fraction of sp³-hybridized carbons (Fsp3) is 0.348. The lowest BCUT2D eigenvalue weighted by Gasteiger charge is -2.34. The van der Waals surface area contributed by atoms with Crippen LogP contribution in [0.5, 0.6) is 0 Å². The zero-order chi connectivity index (χ0) is 21.3. The van der Waals surface area contributed by atoms with Crippen LogP contribution < -0.4 is 0 Å². The Bertz CT molecular complexity index is 1110. The molecule has 0 N–H and O–H groups in total. The largest absolute Gasteiger partial charge is 0.294 e. The van der Waals surface area contributed by atoms with Gasteiger partial charge in [0.05, 0.1) is 17.1 Å². The molecule has 1 aliphatic heterocycles. The molecule has 0 amide bonds. The van der Waals surface area contributed by atoms with E-state index in [4.69, 9.17) is 4.98 Å². The molecule has 7 heteroatoms. The van der Waals surface area contributed by atoms with Crippen LogP contribution in [0.25, 0.3) is 11.3 Å². The topological polar surface area (TPSA) is 53.5 Å². The van der Waals surface area contributed by atoms with Crippen molar-refractivity contribution < 1.29 is 8.42 Å². The SMILES string of the molecule is Cc1cc(C)c(S(=O)(=O)N2CCN(Cc3nc(-c4ccccc4)cs3)CC2)c(C)c1. The zero-order valence-electron chi connectivity index (χ0n) is 17.6. The molecule has 4 rings (SSSR count). The Labute approximate surface area is 183 Å². The van der Waals surface area contributed by atoms with Gasteiger partial charge in [-0.1, -0.05) is 48.0 Å². The number of hydrogen-bond acceptors (Lipinski definition) is 5. The second kappa shape index (κ2) is 8.59. The van der Waals surface area contributed by atoms with Crippen LogP contribution in [-0.4, -0.2) is 48.8 Å². The van der Waals surface area contributed by atoms with Crippen LogP contribution in [0.1, 0.15) is 21.7 Å².